The van der Waals surface area contributed by atoms with Crippen molar-refractivity contribution in [1.82, 2.24) is 19.8 Å². The predicted molar refractivity (Wildman–Crippen MR) is 145 cm³/mol. The first-order chi connectivity index (χ1) is 20.9. The largest absolute Gasteiger partial charge is 0.490 e. The van der Waals surface area contributed by atoms with Crippen molar-refractivity contribution in [3.8, 4) is 11.1 Å². The summed E-state index contributed by atoms with van der Waals surface area (Å²) in [5, 5.41) is 18.4. The zero-order valence-electron chi connectivity index (χ0n) is 22.5. The number of carboxylic acid groups (broad SMARTS) is 2. The Morgan fingerprint density at radius 1 is 0.978 bits per heavy atom. The number of nitrogens with two attached hydrogens (primary N) is 1. The number of carbonyl (C=O) groups is 3. The van der Waals surface area contributed by atoms with Gasteiger partial charge in [0, 0.05) is 54.9 Å². The second-order valence-corrected chi connectivity index (χ2v) is 10.7. The Hall–Kier alpha value is -4.52. The molecule has 5 N–H and O–H groups in total. The molecule has 4 aromatic rings. The molecule has 6 rings (SSSR count). The number of nitrogens with one attached hydrogen (secondary N) is 1. The molecule has 1 amide bonds. The third kappa shape index (κ3) is 6.93. The van der Waals surface area contributed by atoms with Crippen LogP contribution in [0.1, 0.15) is 16.8 Å². The summed E-state index contributed by atoms with van der Waals surface area (Å²) in [7, 11) is 0. The lowest BCUT2D eigenvalue weighted by molar-refractivity contribution is -0.193. The summed E-state index contributed by atoms with van der Waals surface area (Å²) < 4.78 is 95.7. The number of anilines is 1. The highest BCUT2D eigenvalue weighted by Crippen LogP contribution is 2.41. The van der Waals surface area contributed by atoms with E-state index >= 15 is 4.39 Å². The number of carboxylic acids is 2. The van der Waals surface area contributed by atoms with Crippen molar-refractivity contribution in [3.63, 3.8) is 0 Å². The van der Waals surface area contributed by atoms with E-state index in [0.29, 0.717) is 44.4 Å². The van der Waals surface area contributed by atoms with Gasteiger partial charge in [-0.1, -0.05) is 11.3 Å². The van der Waals surface area contributed by atoms with Crippen molar-refractivity contribution in [2.75, 3.05) is 25.4 Å². The maximum Gasteiger partial charge on any atom is 0.490 e. The van der Waals surface area contributed by atoms with Crippen molar-refractivity contribution >= 4 is 55.4 Å². The first-order valence-electron chi connectivity index (χ1n) is 12.7. The molecule has 0 radical (unpaired) electrons. The molecule has 1 fully saturated rings. The molecule has 242 valence electrons. The van der Waals surface area contributed by atoms with Gasteiger partial charge in [0.2, 0.25) is 0 Å². The maximum atomic E-state index is 15.6. The topological polar surface area (TPSA) is 151 Å². The van der Waals surface area contributed by atoms with Crippen molar-refractivity contribution in [1.29, 1.82) is 0 Å². The molecule has 10 nitrogen and oxygen atoms in total. The lowest BCUT2D eigenvalue weighted by Gasteiger charge is -2.38. The highest BCUT2D eigenvalue weighted by Gasteiger charge is 2.39. The van der Waals surface area contributed by atoms with E-state index in [-0.39, 0.29) is 17.1 Å². The SMILES string of the molecule is Nc1nc2c(-c3c(F)cc4c5c3ccn5CCC3CNCCN3C4=O)ccc(F)c2s1.O=C(O)C(F)(F)F.O=C(O)C(F)(F)F. The molecule has 1 saturated heterocycles. The van der Waals surface area contributed by atoms with Crippen LogP contribution < -0.4 is 11.1 Å². The normalized spacial score (nSPS) is 16.6. The van der Waals surface area contributed by atoms with Gasteiger partial charge in [-0.3, -0.25) is 4.79 Å². The molecule has 2 aliphatic rings. The van der Waals surface area contributed by atoms with E-state index < -0.39 is 35.9 Å². The van der Waals surface area contributed by atoms with Crippen LogP contribution in [0.15, 0.2) is 30.5 Å². The van der Waals surface area contributed by atoms with E-state index in [1.165, 1.54) is 18.2 Å². The molecule has 0 bridgehead atoms. The number of nitrogen functional groups attached to an aromatic ring is 1. The Balaban J connectivity index is 0.000000277. The number of carbonyl (C=O) groups excluding carboxylic acids is 1. The van der Waals surface area contributed by atoms with Crippen LogP contribution >= 0.6 is 11.3 Å². The number of nitrogens with zero attached hydrogens (tertiary/aromatic N) is 3. The summed E-state index contributed by atoms with van der Waals surface area (Å²) >= 11 is 1.04. The summed E-state index contributed by atoms with van der Waals surface area (Å²) in [6.45, 7) is 2.79. The van der Waals surface area contributed by atoms with E-state index in [9.17, 15) is 35.5 Å². The average Bonchev–Trinajstić information content (AvgIpc) is 3.55. The molecule has 45 heavy (non-hydrogen) atoms. The Morgan fingerprint density at radius 3 is 2.20 bits per heavy atom. The van der Waals surface area contributed by atoms with Crippen LogP contribution in [-0.4, -0.2) is 80.5 Å². The van der Waals surface area contributed by atoms with Gasteiger partial charge in [-0.05, 0) is 30.7 Å². The fourth-order valence-corrected chi connectivity index (χ4v) is 5.68. The number of amides is 1. The third-order valence-corrected chi connectivity index (χ3v) is 7.70. The number of hydrogen-bond donors (Lipinski definition) is 4. The number of aliphatic carboxylic acids is 2. The lowest BCUT2D eigenvalue weighted by Crippen LogP contribution is -2.54. The molecule has 2 aromatic carbocycles. The molecular weight excluding hydrogens is 646 g/mol. The van der Waals surface area contributed by atoms with Gasteiger partial charge in [0.05, 0.1) is 21.3 Å². The van der Waals surface area contributed by atoms with Crippen LogP contribution in [0.25, 0.3) is 32.2 Å². The molecule has 0 saturated carbocycles. The number of rotatable bonds is 1. The minimum atomic E-state index is -5.08. The number of piperazine rings is 1. The van der Waals surface area contributed by atoms with Crippen molar-refractivity contribution in [3.05, 3.63) is 47.7 Å². The summed E-state index contributed by atoms with van der Waals surface area (Å²) in [5.41, 5.74) is 8.02. The van der Waals surface area contributed by atoms with Crippen LogP contribution in [0.4, 0.5) is 40.3 Å². The highest BCUT2D eigenvalue weighted by atomic mass is 32.1. The molecular formula is C26H21F8N5O5S. The van der Waals surface area contributed by atoms with Gasteiger partial charge < -0.3 is 30.7 Å². The number of benzene rings is 2. The van der Waals surface area contributed by atoms with Crippen molar-refractivity contribution < 1.29 is 59.7 Å². The molecule has 2 aromatic heterocycles. The zero-order valence-corrected chi connectivity index (χ0v) is 23.3. The van der Waals surface area contributed by atoms with E-state index in [2.05, 4.69) is 10.3 Å². The summed E-state index contributed by atoms with van der Waals surface area (Å²) in [6.07, 6.45) is -7.45. The number of halogens is 8. The second kappa shape index (κ2) is 12.5. The van der Waals surface area contributed by atoms with Gasteiger partial charge in [-0.2, -0.15) is 26.3 Å². The predicted octanol–water partition coefficient (Wildman–Crippen LogP) is 4.86. The molecule has 2 aliphatic heterocycles. The van der Waals surface area contributed by atoms with E-state index in [4.69, 9.17) is 25.5 Å². The van der Waals surface area contributed by atoms with Gasteiger partial charge in [-0.15, -0.1) is 0 Å². The van der Waals surface area contributed by atoms with Crippen LogP contribution in [-0.2, 0) is 16.1 Å². The molecule has 0 aliphatic carbocycles. The van der Waals surface area contributed by atoms with E-state index in [1.54, 1.807) is 0 Å². The molecule has 1 unspecified atom stereocenters. The number of alkyl halides is 6. The van der Waals surface area contributed by atoms with Crippen LogP contribution in [0, 0.1) is 11.6 Å². The quantitative estimate of drug-likeness (QED) is 0.210. The molecule has 0 spiro atoms. The van der Waals surface area contributed by atoms with Gasteiger partial charge in [0.25, 0.3) is 5.91 Å². The van der Waals surface area contributed by atoms with Gasteiger partial charge in [0.15, 0.2) is 5.13 Å². The van der Waals surface area contributed by atoms with Crippen LogP contribution in [0.5, 0.6) is 0 Å². The fourth-order valence-electron chi connectivity index (χ4n) is 4.92. The number of aryl methyl sites for hydroxylation is 1. The lowest BCUT2D eigenvalue weighted by atomic mass is 9.95. The van der Waals surface area contributed by atoms with Crippen LogP contribution in [0.2, 0.25) is 0 Å². The summed E-state index contributed by atoms with van der Waals surface area (Å²) in [4.78, 5) is 37.3. The standard InChI is InChI=1S/C22H19F2N5OS.2C2HF3O2/c23-15-2-1-12(18-20(15)31-22(25)27-18)17-13-4-7-28-6-3-11-10-26-5-8-29(11)21(30)14(19(13)28)9-16(17)24;2*3-2(4,5)1(6)7/h1-2,4,7,9,11,26H,3,5-6,8,10H2,(H2,25,27);2*(H,6,7). The first kappa shape index (κ1) is 33.4. The second-order valence-electron chi connectivity index (χ2n) is 9.63. The average molecular weight is 668 g/mol. The molecule has 1 atom stereocenters. The van der Waals surface area contributed by atoms with Crippen LogP contribution in [0.3, 0.4) is 0 Å². The Kier molecular flexibility index (Phi) is 9.25. The van der Waals surface area contributed by atoms with Gasteiger partial charge in [-0.25, -0.2) is 23.4 Å². The van der Waals surface area contributed by atoms with Gasteiger partial charge >= 0.3 is 24.3 Å². The zero-order chi connectivity index (χ0) is 33.4. The van der Waals surface area contributed by atoms with Crippen molar-refractivity contribution in [2.45, 2.75) is 31.4 Å². The number of hydrogen-bond acceptors (Lipinski definition) is 7. The smallest absolute Gasteiger partial charge is 0.475 e. The van der Waals surface area contributed by atoms with Gasteiger partial charge in [0.1, 0.15) is 11.6 Å². The fraction of sp³-hybridized carbons (Fsp3) is 0.308. The van der Waals surface area contributed by atoms with E-state index in [1.807, 2.05) is 21.7 Å². The first-order valence-corrected chi connectivity index (χ1v) is 13.5. The number of thiazole rings is 1. The summed E-state index contributed by atoms with van der Waals surface area (Å²) in [6, 6.07) is 6.09. The minimum Gasteiger partial charge on any atom is -0.475 e. The minimum absolute atomic E-state index is 0.0873. The Morgan fingerprint density at radius 2 is 1.60 bits per heavy atom. The van der Waals surface area contributed by atoms with E-state index in [0.717, 1.165) is 37.4 Å². The maximum absolute atomic E-state index is 15.6. The highest BCUT2D eigenvalue weighted by molar-refractivity contribution is 7.22. The number of fused-ring (bicyclic) bond motifs is 2. The number of aromatic nitrogens is 2. The molecule has 19 heteroatoms. The third-order valence-electron chi connectivity index (χ3n) is 6.81. The molecule has 4 heterocycles. The van der Waals surface area contributed by atoms with Crippen molar-refractivity contribution in [2.24, 2.45) is 0 Å². The summed E-state index contributed by atoms with van der Waals surface area (Å²) in [5.74, 6) is -6.63. The monoisotopic (exact) mass is 667 g/mol. The Labute approximate surface area is 250 Å². The Bertz CT molecular complexity index is 1760.